The van der Waals surface area contributed by atoms with Gasteiger partial charge >= 0.3 is 0 Å². The normalized spacial score (nSPS) is 16.6. The molecule has 4 nitrogen and oxygen atoms in total. The minimum atomic E-state index is -3.46. The fourth-order valence-corrected chi connectivity index (χ4v) is 4.46. The summed E-state index contributed by atoms with van der Waals surface area (Å²) in [5, 5.41) is 3.27. The molecule has 1 heterocycles. The van der Waals surface area contributed by atoms with Crippen molar-refractivity contribution >= 4 is 10.0 Å². The van der Waals surface area contributed by atoms with Crippen LogP contribution in [0.5, 0.6) is 0 Å². The SMILES string of the molecule is CN(C1CCNCC1)S(=O)(=O)c1cccc(-c2ccccc2)c1. The monoisotopic (exact) mass is 330 g/mol. The van der Waals surface area contributed by atoms with Gasteiger partial charge in [-0.2, -0.15) is 4.31 Å². The van der Waals surface area contributed by atoms with Gasteiger partial charge < -0.3 is 5.32 Å². The van der Waals surface area contributed by atoms with E-state index in [1.807, 2.05) is 42.5 Å². The third-order valence-electron chi connectivity index (χ3n) is 4.44. The molecule has 0 aromatic heterocycles. The summed E-state index contributed by atoms with van der Waals surface area (Å²) in [5.74, 6) is 0. The molecule has 0 spiro atoms. The fourth-order valence-electron chi connectivity index (χ4n) is 3.00. The van der Waals surface area contributed by atoms with E-state index in [2.05, 4.69) is 5.32 Å². The van der Waals surface area contributed by atoms with Gasteiger partial charge in [0.1, 0.15) is 0 Å². The summed E-state index contributed by atoms with van der Waals surface area (Å²) in [6.07, 6.45) is 1.71. The predicted molar refractivity (Wildman–Crippen MR) is 92.7 cm³/mol. The second-order valence-corrected chi connectivity index (χ2v) is 7.89. The lowest BCUT2D eigenvalue weighted by Crippen LogP contribution is -2.43. The predicted octanol–water partition coefficient (Wildman–Crippen LogP) is 2.73. The highest BCUT2D eigenvalue weighted by Gasteiger charge is 2.29. The second kappa shape index (κ2) is 6.83. The van der Waals surface area contributed by atoms with Crippen LogP contribution in [-0.2, 0) is 10.0 Å². The van der Waals surface area contributed by atoms with E-state index in [0.29, 0.717) is 4.90 Å². The molecule has 2 aromatic carbocycles. The summed E-state index contributed by atoms with van der Waals surface area (Å²) >= 11 is 0. The Morgan fingerprint density at radius 3 is 2.30 bits per heavy atom. The summed E-state index contributed by atoms with van der Waals surface area (Å²) in [4.78, 5) is 0.361. The molecule has 0 bridgehead atoms. The van der Waals surface area contributed by atoms with Crippen molar-refractivity contribution < 1.29 is 8.42 Å². The number of rotatable bonds is 4. The third kappa shape index (κ3) is 3.47. The molecular weight excluding hydrogens is 308 g/mol. The Kier molecular flexibility index (Phi) is 4.80. The van der Waals surface area contributed by atoms with Crippen molar-refractivity contribution in [3.05, 3.63) is 54.6 Å². The van der Waals surface area contributed by atoms with E-state index in [-0.39, 0.29) is 6.04 Å². The summed E-state index contributed by atoms with van der Waals surface area (Å²) in [6.45, 7) is 1.74. The first-order valence-corrected chi connectivity index (χ1v) is 9.37. The largest absolute Gasteiger partial charge is 0.317 e. The average molecular weight is 330 g/mol. The Balaban J connectivity index is 1.91. The van der Waals surface area contributed by atoms with Gasteiger partial charge in [-0.1, -0.05) is 42.5 Å². The lowest BCUT2D eigenvalue weighted by molar-refractivity contribution is 0.296. The quantitative estimate of drug-likeness (QED) is 0.938. The Labute approximate surface area is 138 Å². The molecule has 3 rings (SSSR count). The van der Waals surface area contributed by atoms with Gasteiger partial charge in [0, 0.05) is 13.1 Å². The van der Waals surface area contributed by atoms with Crippen molar-refractivity contribution in [3.63, 3.8) is 0 Å². The molecule has 1 N–H and O–H groups in total. The van der Waals surface area contributed by atoms with Crippen LogP contribution in [0, 0.1) is 0 Å². The number of piperidine rings is 1. The highest BCUT2D eigenvalue weighted by atomic mass is 32.2. The fraction of sp³-hybridized carbons (Fsp3) is 0.333. The first-order chi connectivity index (χ1) is 11.1. The van der Waals surface area contributed by atoms with Gasteiger partial charge in [-0.25, -0.2) is 8.42 Å². The summed E-state index contributed by atoms with van der Waals surface area (Å²) in [6, 6.07) is 17.1. The molecule has 122 valence electrons. The molecule has 0 unspecified atom stereocenters. The van der Waals surface area contributed by atoms with Crippen LogP contribution in [0.2, 0.25) is 0 Å². The average Bonchev–Trinajstić information content (AvgIpc) is 2.62. The molecule has 2 aromatic rings. The Bertz CT molecular complexity index is 754. The van der Waals surface area contributed by atoms with E-state index in [1.54, 1.807) is 19.2 Å². The minimum absolute atomic E-state index is 0.0710. The molecule has 1 aliphatic heterocycles. The van der Waals surface area contributed by atoms with Crippen LogP contribution in [0.1, 0.15) is 12.8 Å². The van der Waals surface area contributed by atoms with E-state index in [4.69, 9.17) is 0 Å². The highest BCUT2D eigenvalue weighted by molar-refractivity contribution is 7.89. The van der Waals surface area contributed by atoms with Crippen LogP contribution in [0.3, 0.4) is 0 Å². The van der Waals surface area contributed by atoms with Crippen LogP contribution in [-0.4, -0.2) is 38.9 Å². The van der Waals surface area contributed by atoms with Gasteiger partial charge in [0.05, 0.1) is 4.90 Å². The summed E-state index contributed by atoms with van der Waals surface area (Å²) in [5.41, 5.74) is 1.94. The van der Waals surface area contributed by atoms with Crippen molar-refractivity contribution in [1.82, 2.24) is 9.62 Å². The van der Waals surface area contributed by atoms with E-state index >= 15 is 0 Å². The molecule has 0 atom stereocenters. The van der Waals surface area contributed by atoms with Crippen LogP contribution in [0.25, 0.3) is 11.1 Å². The standard InChI is InChI=1S/C18H22N2O2S/c1-20(17-10-12-19-13-11-17)23(21,22)18-9-5-8-16(14-18)15-6-3-2-4-7-15/h2-9,14,17,19H,10-13H2,1H3. The Morgan fingerprint density at radius 2 is 1.61 bits per heavy atom. The van der Waals surface area contributed by atoms with E-state index in [1.165, 1.54) is 4.31 Å². The third-order valence-corrected chi connectivity index (χ3v) is 6.35. The van der Waals surface area contributed by atoms with E-state index in [0.717, 1.165) is 37.1 Å². The maximum absolute atomic E-state index is 12.9. The minimum Gasteiger partial charge on any atom is -0.317 e. The topological polar surface area (TPSA) is 49.4 Å². The molecule has 0 radical (unpaired) electrons. The first kappa shape index (κ1) is 16.2. The van der Waals surface area contributed by atoms with E-state index in [9.17, 15) is 8.42 Å². The lowest BCUT2D eigenvalue weighted by Gasteiger charge is -2.30. The number of nitrogens with zero attached hydrogens (tertiary/aromatic N) is 1. The van der Waals surface area contributed by atoms with Crippen molar-refractivity contribution in [2.45, 2.75) is 23.8 Å². The molecule has 0 saturated carbocycles. The van der Waals surface area contributed by atoms with Gasteiger partial charge in [-0.3, -0.25) is 0 Å². The van der Waals surface area contributed by atoms with Crippen LogP contribution >= 0.6 is 0 Å². The molecule has 1 saturated heterocycles. The molecule has 0 aliphatic carbocycles. The van der Waals surface area contributed by atoms with Gasteiger partial charge in [-0.15, -0.1) is 0 Å². The number of sulfonamides is 1. The van der Waals surface area contributed by atoms with Crippen molar-refractivity contribution in [2.75, 3.05) is 20.1 Å². The van der Waals surface area contributed by atoms with Crippen LogP contribution in [0.4, 0.5) is 0 Å². The zero-order chi connectivity index (χ0) is 16.3. The number of hydrogen-bond acceptors (Lipinski definition) is 3. The molecular formula is C18H22N2O2S. The molecule has 5 heteroatoms. The van der Waals surface area contributed by atoms with Gasteiger partial charge in [0.2, 0.25) is 10.0 Å². The Hall–Kier alpha value is -1.69. The van der Waals surface area contributed by atoms with Crippen LogP contribution in [0.15, 0.2) is 59.5 Å². The molecule has 1 fully saturated rings. The van der Waals surface area contributed by atoms with Crippen molar-refractivity contribution in [1.29, 1.82) is 0 Å². The van der Waals surface area contributed by atoms with E-state index < -0.39 is 10.0 Å². The van der Waals surface area contributed by atoms with Gasteiger partial charge in [-0.05, 0) is 49.2 Å². The van der Waals surface area contributed by atoms with Crippen molar-refractivity contribution in [3.8, 4) is 11.1 Å². The summed E-state index contributed by atoms with van der Waals surface area (Å²) in [7, 11) is -1.77. The zero-order valence-corrected chi connectivity index (χ0v) is 14.1. The van der Waals surface area contributed by atoms with Crippen molar-refractivity contribution in [2.24, 2.45) is 0 Å². The zero-order valence-electron chi connectivity index (χ0n) is 13.3. The van der Waals surface area contributed by atoms with Crippen LogP contribution < -0.4 is 5.32 Å². The van der Waals surface area contributed by atoms with Gasteiger partial charge in [0.25, 0.3) is 0 Å². The summed E-state index contributed by atoms with van der Waals surface area (Å²) < 4.78 is 27.4. The Morgan fingerprint density at radius 1 is 0.957 bits per heavy atom. The molecule has 23 heavy (non-hydrogen) atoms. The number of hydrogen-bond donors (Lipinski definition) is 1. The molecule has 0 amide bonds. The van der Waals surface area contributed by atoms with Gasteiger partial charge in [0.15, 0.2) is 0 Å². The number of nitrogens with one attached hydrogen (secondary N) is 1. The maximum Gasteiger partial charge on any atom is 0.243 e. The second-order valence-electron chi connectivity index (χ2n) is 5.90. The first-order valence-electron chi connectivity index (χ1n) is 7.93. The highest BCUT2D eigenvalue weighted by Crippen LogP contribution is 2.25. The molecule has 1 aliphatic rings. The maximum atomic E-state index is 12.9. The number of benzene rings is 2. The smallest absolute Gasteiger partial charge is 0.243 e. The lowest BCUT2D eigenvalue weighted by atomic mass is 10.1.